The van der Waals surface area contributed by atoms with Crippen LogP contribution in [0.3, 0.4) is 0 Å². The maximum absolute atomic E-state index is 9.10. The highest BCUT2D eigenvalue weighted by Gasteiger charge is 2.21. The van der Waals surface area contributed by atoms with E-state index in [1.807, 2.05) is 24.3 Å². The highest BCUT2D eigenvalue weighted by Crippen LogP contribution is 2.17. The van der Waals surface area contributed by atoms with Gasteiger partial charge in [0, 0.05) is 19.6 Å². The number of hydrogen-bond donors (Lipinski definition) is 2. The molecule has 2 rings (SSSR count). The number of carboxylic acids is 2. The number of methoxy groups -OCH3 is 1. The first-order valence-corrected chi connectivity index (χ1v) is 8.42. The summed E-state index contributed by atoms with van der Waals surface area (Å²) in [6.45, 7) is 8.12. The van der Waals surface area contributed by atoms with Crippen molar-refractivity contribution in [2.45, 2.75) is 32.5 Å². The zero-order valence-corrected chi connectivity index (χ0v) is 15.4. The topological polar surface area (TPSA) is 106 Å². The zero-order valence-electron chi connectivity index (χ0n) is 15.4. The molecule has 0 aromatic heterocycles. The lowest BCUT2D eigenvalue weighted by Crippen LogP contribution is -2.45. The maximum Gasteiger partial charge on any atom is 0.414 e. The number of morpholine rings is 1. The first-order valence-electron chi connectivity index (χ1n) is 8.42. The summed E-state index contributed by atoms with van der Waals surface area (Å²) in [6, 6.07) is 7.72. The van der Waals surface area contributed by atoms with Crippen LogP contribution in [0.25, 0.3) is 0 Å². The maximum atomic E-state index is 9.10. The lowest BCUT2D eigenvalue weighted by atomic mass is 10.2. The van der Waals surface area contributed by atoms with E-state index in [2.05, 4.69) is 18.7 Å². The minimum absolute atomic E-state index is 0.334. The number of carboxylic acid groups (broad SMARTS) is 2. The highest BCUT2D eigenvalue weighted by atomic mass is 16.5. The Morgan fingerprint density at radius 2 is 1.58 bits per heavy atom. The van der Waals surface area contributed by atoms with Gasteiger partial charge in [0.1, 0.15) is 11.5 Å². The average Bonchev–Trinajstić information content (AvgIpc) is 2.59. The Hall–Kier alpha value is -2.32. The van der Waals surface area contributed by atoms with E-state index < -0.39 is 11.9 Å². The van der Waals surface area contributed by atoms with Gasteiger partial charge in [0.05, 0.1) is 25.9 Å². The second-order valence-corrected chi connectivity index (χ2v) is 6.00. The second kappa shape index (κ2) is 11.3. The van der Waals surface area contributed by atoms with Gasteiger partial charge in [0.2, 0.25) is 0 Å². The average molecular weight is 369 g/mol. The summed E-state index contributed by atoms with van der Waals surface area (Å²) in [5.41, 5.74) is 0. The number of carbonyl (C=O) groups is 2. The Kier molecular flexibility index (Phi) is 9.46. The summed E-state index contributed by atoms with van der Waals surface area (Å²) in [7, 11) is 1.67. The lowest BCUT2D eigenvalue weighted by Gasteiger charge is -2.35. The predicted molar refractivity (Wildman–Crippen MR) is 94.8 cm³/mol. The second-order valence-electron chi connectivity index (χ2n) is 6.00. The third kappa shape index (κ3) is 8.68. The molecule has 1 aliphatic rings. The number of benzene rings is 1. The molecular formula is C18H27NO7. The van der Waals surface area contributed by atoms with Crippen LogP contribution in [0.15, 0.2) is 24.3 Å². The molecule has 0 radical (unpaired) electrons. The van der Waals surface area contributed by atoms with E-state index in [1.54, 1.807) is 7.11 Å². The number of aliphatic carboxylic acids is 2. The number of nitrogens with zero attached hydrogens (tertiary/aromatic N) is 1. The van der Waals surface area contributed by atoms with Crippen LogP contribution in [0.5, 0.6) is 11.5 Å². The van der Waals surface area contributed by atoms with Crippen molar-refractivity contribution >= 4 is 11.9 Å². The fraction of sp³-hybridized carbons (Fsp3) is 0.556. The fourth-order valence-electron chi connectivity index (χ4n) is 2.62. The van der Waals surface area contributed by atoms with Crippen LogP contribution < -0.4 is 9.47 Å². The molecule has 8 nitrogen and oxygen atoms in total. The molecule has 1 aliphatic heterocycles. The first kappa shape index (κ1) is 21.7. The van der Waals surface area contributed by atoms with Gasteiger partial charge in [0.15, 0.2) is 0 Å². The minimum Gasteiger partial charge on any atom is -0.497 e. The van der Waals surface area contributed by atoms with Crippen molar-refractivity contribution in [1.82, 2.24) is 4.90 Å². The van der Waals surface area contributed by atoms with Crippen LogP contribution in [-0.2, 0) is 14.3 Å². The number of ether oxygens (including phenoxy) is 3. The van der Waals surface area contributed by atoms with Crippen molar-refractivity contribution in [1.29, 1.82) is 0 Å². The van der Waals surface area contributed by atoms with Gasteiger partial charge in [-0.1, -0.05) is 0 Å². The molecule has 1 aromatic rings. The van der Waals surface area contributed by atoms with Gasteiger partial charge in [-0.25, -0.2) is 9.59 Å². The molecule has 2 N–H and O–H groups in total. The monoisotopic (exact) mass is 369 g/mol. The minimum atomic E-state index is -1.82. The third-order valence-corrected chi connectivity index (χ3v) is 3.63. The van der Waals surface area contributed by atoms with Gasteiger partial charge in [-0.15, -0.1) is 0 Å². The quantitative estimate of drug-likeness (QED) is 0.577. The van der Waals surface area contributed by atoms with Crippen LogP contribution in [0.4, 0.5) is 0 Å². The normalized spacial score (nSPS) is 19.8. The molecule has 1 fully saturated rings. The van der Waals surface area contributed by atoms with Crippen molar-refractivity contribution in [3.8, 4) is 11.5 Å². The summed E-state index contributed by atoms with van der Waals surface area (Å²) < 4.78 is 16.6. The summed E-state index contributed by atoms with van der Waals surface area (Å²) in [5, 5.41) is 14.8. The van der Waals surface area contributed by atoms with E-state index >= 15 is 0 Å². The van der Waals surface area contributed by atoms with Gasteiger partial charge < -0.3 is 24.4 Å². The fourth-order valence-corrected chi connectivity index (χ4v) is 2.62. The molecule has 146 valence electrons. The van der Waals surface area contributed by atoms with Crippen LogP contribution in [-0.4, -0.2) is 72.6 Å². The van der Waals surface area contributed by atoms with Gasteiger partial charge in [0.25, 0.3) is 0 Å². The molecular weight excluding hydrogens is 342 g/mol. The molecule has 0 saturated carbocycles. The molecule has 1 saturated heterocycles. The molecule has 2 atom stereocenters. The first-order chi connectivity index (χ1) is 12.3. The molecule has 0 amide bonds. The molecule has 8 heteroatoms. The molecule has 2 unspecified atom stereocenters. The number of rotatable bonds is 6. The largest absolute Gasteiger partial charge is 0.497 e. The predicted octanol–water partition coefficient (Wildman–Crippen LogP) is 1.73. The van der Waals surface area contributed by atoms with Crippen molar-refractivity contribution < 1.29 is 34.0 Å². The third-order valence-electron chi connectivity index (χ3n) is 3.63. The molecule has 26 heavy (non-hydrogen) atoms. The Morgan fingerprint density at radius 1 is 1.08 bits per heavy atom. The van der Waals surface area contributed by atoms with Gasteiger partial charge in [-0.2, -0.15) is 0 Å². The molecule has 1 aromatic carbocycles. The van der Waals surface area contributed by atoms with Crippen LogP contribution >= 0.6 is 0 Å². The summed E-state index contributed by atoms with van der Waals surface area (Å²) in [4.78, 5) is 20.7. The summed E-state index contributed by atoms with van der Waals surface area (Å²) in [6.07, 6.45) is 1.70. The lowest BCUT2D eigenvalue weighted by molar-refractivity contribution is -0.159. The van der Waals surface area contributed by atoms with Crippen molar-refractivity contribution in [3.63, 3.8) is 0 Å². The van der Waals surface area contributed by atoms with Gasteiger partial charge in [-0.3, -0.25) is 4.90 Å². The Labute approximate surface area is 153 Å². The van der Waals surface area contributed by atoms with Crippen molar-refractivity contribution in [3.05, 3.63) is 24.3 Å². The summed E-state index contributed by atoms with van der Waals surface area (Å²) >= 11 is 0. The molecule has 1 heterocycles. The van der Waals surface area contributed by atoms with Gasteiger partial charge >= 0.3 is 11.9 Å². The summed E-state index contributed by atoms with van der Waals surface area (Å²) in [5.74, 6) is -1.90. The van der Waals surface area contributed by atoms with Gasteiger partial charge in [-0.05, 0) is 44.5 Å². The SMILES string of the molecule is COc1ccc(OCCCN2CC(C)OC(C)C2)cc1.O=C(O)C(=O)O. The van der Waals surface area contributed by atoms with Crippen LogP contribution in [0.1, 0.15) is 20.3 Å². The van der Waals surface area contributed by atoms with E-state index in [0.717, 1.165) is 44.2 Å². The van der Waals surface area contributed by atoms with Crippen LogP contribution in [0, 0.1) is 0 Å². The van der Waals surface area contributed by atoms with Crippen molar-refractivity contribution in [2.75, 3.05) is 33.4 Å². The Balaban J connectivity index is 0.000000487. The molecule has 0 aliphatic carbocycles. The Morgan fingerprint density at radius 3 is 2.04 bits per heavy atom. The van der Waals surface area contributed by atoms with E-state index in [9.17, 15) is 0 Å². The highest BCUT2D eigenvalue weighted by molar-refractivity contribution is 6.27. The Bertz CT molecular complexity index is 539. The van der Waals surface area contributed by atoms with Crippen molar-refractivity contribution in [2.24, 2.45) is 0 Å². The smallest absolute Gasteiger partial charge is 0.414 e. The molecule has 0 spiro atoms. The number of hydrogen-bond acceptors (Lipinski definition) is 6. The van der Waals surface area contributed by atoms with E-state index in [1.165, 1.54) is 0 Å². The van der Waals surface area contributed by atoms with Crippen LogP contribution in [0.2, 0.25) is 0 Å². The van der Waals surface area contributed by atoms with E-state index in [4.69, 9.17) is 34.0 Å². The van der Waals surface area contributed by atoms with E-state index in [0.29, 0.717) is 12.2 Å². The van der Waals surface area contributed by atoms with E-state index in [-0.39, 0.29) is 0 Å². The zero-order chi connectivity index (χ0) is 19.5. The standard InChI is InChI=1S/C16H25NO3.C2H2O4/c1-13-11-17(12-14(2)20-13)9-4-10-19-16-7-5-15(18-3)6-8-16;3-1(4)2(5)6/h5-8,13-14H,4,9-12H2,1-3H3;(H,3,4)(H,5,6). The molecule has 0 bridgehead atoms.